The molecular formula is C16H31ClN2O2. The largest absolute Gasteiger partial charge is 0.365 e. The van der Waals surface area contributed by atoms with Crippen LogP contribution in [0.2, 0.25) is 0 Å². The summed E-state index contributed by atoms with van der Waals surface area (Å²) >= 11 is 0. The summed E-state index contributed by atoms with van der Waals surface area (Å²) in [5.74, 6) is 0.0821. The Labute approximate surface area is 135 Å². The van der Waals surface area contributed by atoms with Crippen LogP contribution in [0.5, 0.6) is 0 Å². The van der Waals surface area contributed by atoms with E-state index in [0.717, 1.165) is 38.6 Å². The van der Waals surface area contributed by atoms with Crippen LogP contribution >= 0.6 is 12.4 Å². The maximum atomic E-state index is 12.4. The third kappa shape index (κ3) is 5.76. The van der Waals surface area contributed by atoms with Gasteiger partial charge in [0.25, 0.3) is 0 Å². The second kappa shape index (κ2) is 9.65. The molecule has 5 heteroatoms. The first-order chi connectivity index (χ1) is 9.70. The van der Waals surface area contributed by atoms with E-state index in [4.69, 9.17) is 4.74 Å². The predicted molar refractivity (Wildman–Crippen MR) is 87.9 cm³/mol. The standard InChI is InChI=1S/C16H30N2O2.ClH/c1-3-15(20-13-8-5-4-6-9-13)16(19)18-14-10-7-11-17-12(14)2;/h12-15,17H,3-11H2,1-2H3,(H,18,19);1H. The van der Waals surface area contributed by atoms with E-state index < -0.39 is 0 Å². The molecule has 0 aromatic heterocycles. The lowest BCUT2D eigenvalue weighted by molar-refractivity contribution is -0.139. The third-order valence-corrected chi connectivity index (χ3v) is 4.66. The Kier molecular flexibility index (Phi) is 8.60. The molecule has 4 nitrogen and oxygen atoms in total. The van der Waals surface area contributed by atoms with E-state index in [1.54, 1.807) is 0 Å². The number of carbonyl (C=O) groups excluding carboxylic acids is 1. The van der Waals surface area contributed by atoms with Crippen LogP contribution in [0.3, 0.4) is 0 Å². The number of amides is 1. The summed E-state index contributed by atoms with van der Waals surface area (Å²) in [5.41, 5.74) is 0. The first kappa shape index (κ1) is 18.7. The highest BCUT2D eigenvalue weighted by Gasteiger charge is 2.28. The lowest BCUT2D eigenvalue weighted by Crippen LogP contribution is -2.54. The van der Waals surface area contributed by atoms with Crippen molar-refractivity contribution in [3.63, 3.8) is 0 Å². The fraction of sp³-hybridized carbons (Fsp3) is 0.938. The van der Waals surface area contributed by atoms with Crippen molar-refractivity contribution in [3.05, 3.63) is 0 Å². The Bertz CT molecular complexity index is 309. The quantitative estimate of drug-likeness (QED) is 0.819. The summed E-state index contributed by atoms with van der Waals surface area (Å²) < 4.78 is 6.05. The number of nitrogens with one attached hydrogen (secondary N) is 2. The summed E-state index contributed by atoms with van der Waals surface area (Å²) in [4.78, 5) is 12.4. The highest BCUT2D eigenvalue weighted by atomic mass is 35.5. The van der Waals surface area contributed by atoms with Crippen molar-refractivity contribution in [1.82, 2.24) is 10.6 Å². The highest BCUT2D eigenvalue weighted by Crippen LogP contribution is 2.22. The van der Waals surface area contributed by atoms with Gasteiger partial charge in [-0.1, -0.05) is 26.2 Å². The first-order valence-electron chi connectivity index (χ1n) is 8.40. The molecule has 124 valence electrons. The average molecular weight is 319 g/mol. The van der Waals surface area contributed by atoms with Gasteiger partial charge < -0.3 is 15.4 Å². The van der Waals surface area contributed by atoms with Gasteiger partial charge in [0, 0.05) is 12.1 Å². The molecule has 0 spiro atoms. The molecule has 2 N–H and O–H groups in total. The average Bonchev–Trinajstić information content (AvgIpc) is 2.48. The van der Waals surface area contributed by atoms with Crippen molar-refractivity contribution in [2.24, 2.45) is 0 Å². The molecule has 0 bridgehead atoms. The van der Waals surface area contributed by atoms with Crippen molar-refractivity contribution < 1.29 is 9.53 Å². The molecule has 2 aliphatic rings. The van der Waals surface area contributed by atoms with Gasteiger partial charge in [-0.25, -0.2) is 0 Å². The lowest BCUT2D eigenvalue weighted by Gasteiger charge is -2.33. The highest BCUT2D eigenvalue weighted by molar-refractivity contribution is 5.85. The van der Waals surface area contributed by atoms with Crippen LogP contribution in [0.15, 0.2) is 0 Å². The Morgan fingerprint density at radius 2 is 1.95 bits per heavy atom. The molecule has 1 aliphatic heterocycles. The van der Waals surface area contributed by atoms with E-state index in [1.807, 2.05) is 6.92 Å². The number of rotatable bonds is 5. The van der Waals surface area contributed by atoms with Crippen molar-refractivity contribution in [1.29, 1.82) is 0 Å². The van der Waals surface area contributed by atoms with Gasteiger partial charge in [0.1, 0.15) is 6.10 Å². The van der Waals surface area contributed by atoms with Crippen molar-refractivity contribution in [3.8, 4) is 0 Å². The van der Waals surface area contributed by atoms with Gasteiger partial charge in [0.15, 0.2) is 0 Å². The van der Waals surface area contributed by atoms with E-state index >= 15 is 0 Å². The van der Waals surface area contributed by atoms with Crippen LogP contribution in [0.1, 0.15) is 65.2 Å². The van der Waals surface area contributed by atoms with E-state index in [-0.39, 0.29) is 30.5 Å². The second-order valence-electron chi connectivity index (χ2n) is 6.29. The zero-order chi connectivity index (χ0) is 14.4. The maximum Gasteiger partial charge on any atom is 0.249 e. The zero-order valence-corrected chi connectivity index (χ0v) is 14.2. The SMILES string of the molecule is CCC(OC1CCCCC1)C(=O)NC1CCCNC1C.Cl. The van der Waals surface area contributed by atoms with Crippen molar-refractivity contribution in [2.45, 2.75) is 89.5 Å². The first-order valence-corrected chi connectivity index (χ1v) is 8.40. The number of carbonyl (C=O) groups is 1. The van der Waals surface area contributed by atoms with Gasteiger partial charge in [0.05, 0.1) is 6.10 Å². The minimum Gasteiger partial charge on any atom is -0.365 e. The molecule has 1 heterocycles. The van der Waals surface area contributed by atoms with Gasteiger partial charge in [-0.05, 0) is 45.6 Å². The zero-order valence-electron chi connectivity index (χ0n) is 13.4. The number of ether oxygens (including phenoxy) is 1. The van der Waals surface area contributed by atoms with Crippen LogP contribution in [0.25, 0.3) is 0 Å². The smallest absolute Gasteiger partial charge is 0.249 e. The van der Waals surface area contributed by atoms with Crippen LogP contribution in [-0.4, -0.2) is 36.7 Å². The molecule has 1 amide bonds. The maximum absolute atomic E-state index is 12.4. The Balaban J connectivity index is 0.00000220. The lowest BCUT2D eigenvalue weighted by atomic mass is 9.97. The summed E-state index contributed by atoms with van der Waals surface area (Å²) in [6, 6.07) is 0.611. The van der Waals surface area contributed by atoms with E-state index in [9.17, 15) is 4.79 Å². The van der Waals surface area contributed by atoms with E-state index in [1.165, 1.54) is 19.3 Å². The molecule has 0 aromatic carbocycles. The Morgan fingerprint density at radius 3 is 2.57 bits per heavy atom. The monoisotopic (exact) mass is 318 g/mol. The van der Waals surface area contributed by atoms with Crippen molar-refractivity contribution >= 4 is 18.3 Å². The molecule has 2 fully saturated rings. The Morgan fingerprint density at radius 1 is 1.24 bits per heavy atom. The molecule has 3 atom stereocenters. The summed E-state index contributed by atoms with van der Waals surface area (Å²) in [7, 11) is 0. The van der Waals surface area contributed by atoms with Crippen LogP contribution in [-0.2, 0) is 9.53 Å². The fourth-order valence-corrected chi connectivity index (χ4v) is 3.29. The molecule has 1 aliphatic carbocycles. The van der Waals surface area contributed by atoms with E-state index in [0.29, 0.717) is 12.1 Å². The van der Waals surface area contributed by atoms with Gasteiger partial charge in [-0.2, -0.15) is 0 Å². The molecule has 0 aromatic rings. The van der Waals surface area contributed by atoms with Crippen LogP contribution in [0.4, 0.5) is 0 Å². The second-order valence-corrected chi connectivity index (χ2v) is 6.29. The minimum absolute atomic E-state index is 0. The van der Waals surface area contributed by atoms with E-state index in [2.05, 4.69) is 17.6 Å². The number of piperidine rings is 1. The van der Waals surface area contributed by atoms with Crippen molar-refractivity contribution in [2.75, 3.05) is 6.54 Å². The van der Waals surface area contributed by atoms with Gasteiger partial charge >= 0.3 is 0 Å². The number of hydrogen-bond acceptors (Lipinski definition) is 3. The summed E-state index contributed by atoms with van der Waals surface area (Å²) in [5, 5.41) is 6.60. The summed E-state index contributed by atoms with van der Waals surface area (Å²) in [6.07, 6.45) is 9.02. The Hall–Kier alpha value is -0.320. The van der Waals surface area contributed by atoms with Gasteiger partial charge in [-0.15, -0.1) is 12.4 Å². The normalized spacial score (nSPS) is 28.5. The molecule has 1 saturated heterocycles. The predicted octanol–water partition coefficient (Wildman–Crippen LogP) is 2.79. The molecule has 1 saturated carbocycles. The van der Waals surface area contributed by atoms with Crippen LogP contribution < -0.4 is 10.6 Å². The number of hydrogen-bond donors (Lipinski definition) is 2. The summed E-state index contributed by atoms with van der Waals surface area (Å²) in [6.45, 7) is 5.24. The third-order valence-electron chi connectivity index (χ3n) is 4.66. The van der Waals surface area contributed by atoms with Gasteiger partial charge in [0.2, 0.25) is 5.91 Å². The van der Waals surface area contributed by atoms with Gasteiger partial charge in [-0.3, -0.25) is 4.79 Å². The molecule has 21 heavy (non-hydrogen) atoms. The topological polar surface area (TPSA) is 50.4 Å². The molecule has 3 unspecified atom stereocenters. The fourth-order valence-electron chi connectivity index (χ4n) is 3.29. The molecule has 0 radical (unpaired) electrons. The number of halogens is 1. The van der Waals surface area contributed by atoms with Crippen LogP contribution in [0, 0.1) is 0 Å². The molecule has 2 rings (SSSR count). The minimum atomic E-state index is -0.271. The molecular weight excluding hydrogens is 288 g/mol.